The zero-order valence-corrected chi connectivity index (χ0v) is 8.56. The van der Waals surface area contributed by atoms with Gasteiger partial charge < -0.3 is 0 Å². The monoisotopic (exact) mass is 174 g/mol. The average Bonchev–Trinajstić information content (AvgIpc) is 1.94. The minimum absolute atomic E-state index is 0.380. The summed E-state index contributed by atoms with van der Waals surface area (Å²) in [7, 11) is 0. The van der Waals surface area contributed by atoms with Crippen molar-refractivity contribution in [3.63, 3.8) is 0 Å². The minimum atomic E-state index is 0.380. The summed E-state index contributed by atoms with van der Waals surface area (Å²) in [5.41, 5.74) is 0. The first-order valence-corrected chi connectivity index (χ1v) is 5.19. The maximum atomic E-state index is 6.07. The zero-order chi connectivity index (χ0) is 8.43. The fourth-order valence-electron chi connectivity index (χ4n) is 2.01. The number of hydrogen-bond donors (Lipinski definition) is 0. The van der Waals surface area contributed by atoms with Crippen LogP contribution in [0.3, 0.4) is 0 Å². The molecule has 0 aliphatic heterocycles. The number of alkyl halides is 1. The van der Waals surface area contributed by atoms with Crippen molar-refractivity contribution >= 4 is 11.6 Å². The highest BCUT2D eigenvalue weighted by atomic mass is 35.5. The molecule has 0 bridgehead atoms. The van der Waals surface area contributed by atoms with Gasteiger partial charge in [0.25, 0.3) is 0 Å². The van der Waals surface area contributed by atoms with Crippen LogP contribution in [0.1, 0.15) is 40.0 Å². The van der Waals surface area contributed by atoms with Crippen molar-refractivity contribution in [2.24, 2.45) is 17.8 Å². The Bertz CT molecular complexity index is 120. The van der Waals surface area contributed by atoms with E-state index in [4.69, 9.17) is 11.6 Å². The van der Waals surface area contributed by atoms with Crippen molar-refractivity contribution in [1.29, 1.82) is 0 Å². The lowest BCUT2D eigenvalue weighted by molar-refractivity contribution is 0.207. The summed E-state index contributed by atoms with van der Waals surface area (Å²) in [6, 6.07) is 0. The summed E-state index contributed by atoms with van der Waals surface area (Å²) < 4.78 is 0. The molecular weight excluding hydrogens is 156 g/mol. The Hall–Kier alpha value is 0.290. The number of halogens is 1. The van der Waals surface area contributed by atoms with Crippen LogP contribution in [-0.4, -0.2) is 5.38 Å². The van der Waals surface area contributed by atoms with Gasteiger partial charge in [0, 0.05) is 5.38 Å². The molecule has 66 valence electrons. The predicted molar refractivity (Wildman–Crippen MR) is 51.0 cm³/mol. The van der Waals surface area contributed by atoms with Crippen molar-refractivity contribution in [2.45, 2.75) is 45.4 Å². The highest BCUT2D eigenvalue weighted by Gasteiger charge is 2.26. The molecule has 0 amide bonds. The lowest BCUT2D eigenvalue weighted by Gasteiger charge is -2.33. The summed E-state index contributed by atoms with van der Waals surface area (Å²) >= 11 is 6.07. The van der Waals surface area contributed by atoms with Crippen LogP contribution in [0.5, 0.6) is 0 Å². The normalized spacial score (nSPS) is 42.0. The van der Waals surface area contributed by atoms with E-state index in [1.807, 2.05) is 0 Å². The Morgan fingerprint density at radius 1 is 1.18 bits per heavy atom. The predicted octanol–water partition coefficient (Wildman–Crippen LogP) is 3.69. The van der Waals surface area contributed by atoms with Crippen molar-refractivity contribution in [3.8, 4) is 0 Å². The molecule has 4 unspecified atom stereocenters. The fraction of sp³-hybridized carbons (Fsp3) is 1.00. The summed E-state index contributed by atoms with van der Waals surface area (Å²) in [5.74, 6) is 2.58. The lowest BCUT2D eigenvalue weighted by atomic mass is 9.75. The van der Waals surface area contributed by atoms with E-state index in [-0.39, 0.29) is 0 Å². The van der Waals surface area contributed by atoms with Crippen LogP contribution in [0.25, 0.3) is 0 Å². The van der Waals surface area contributed by atoms with E-state index in [9.17, 15) is 0 Å². The van der Waals surface area contributed by atoms with Crippen molar-refractivity contribution in [3.05, 3.63) is 0 Å². The third kappa shape index (κ3) is 2.37. The van der Waals surface area contributed by atoms with Gasteiger partial charge in [-0.15, -0.1) is 11.6 Å². The van der Waals surface area contributed by atoms with E-state index in [1.165, 1.54) is 19.3 Å². The van der Waals surface area contributed by atoms with Gasteiger partial charge in [-0.2, -0.15) is 0 Å². The summed E-state index contributed by atoms with van der Waals surface area (Å²) in [6.45, 7) is 6.85. The molecule has 0 aromatic heterocycles. The van der Waals surface area contributed by atoms with Crippen molar-refractivity contribution < 1.29 is 0 Å². The molecule has 0 nitrogen and oxygen atoms in total. The third-order valence-corrected chi connectivity index (χ3v) is 3.64. The Labute approximate surface area is 75.3 Å². The second-order valence-electron chi connectivity index (χ2n) is 4.21. The molecule has 1 aliphatic carbocycles. The molecule has 0 radical (unpaired) electrons. The summed E-state index contributed by atoms with van der Waals surface area (Å²) in [4.78, 5) is 0. The second kappa shape index (κ2) is 3.80. The summed E-state index contributed by atoms with van der Waals surface area (Å²) in [6.07, 6.45) is 4.06. The molecule has 0 N–H and O–H groups in total. The average molecular weight is 175 g/mol. The first kappa shape index (κ1) is 9.38. The molecule has 4 atom stereocenters. The first-order chi connectivity index (χ1) is 5.11. The minimum Gasteiger partial charge on any atom is -0.123 e. The molecule has 11 heavy (non-hydrogen) atoms. The third-order valence-electron chi connectivity index (χ3n) is 3.29. The fourth-order valence-corrected chi connectivity index (χ4v) is 2.24. The Kier molecular flexibility index (Phi) is 3.24. The zero-order valence-electron chi connectivity index (χ0n) is 7.81. The standard InChI is InChI=1S/C10H19Cl/c1-7-4-5-10(9(3)11)6-8(7)2/h7-10H,4-6H2,1-3H3. The maximum Gasteiger partial charge on any atom is 0.0336 e. The van der Waals surface area contributed by atoms with Crippen LogP contribution in [0.2, 0.25) is 0 Å². The maximum absolute atomic E-state index is 6.07. The Balaban J connectivity index is 2.40. The molecule has 0 saturated heterocycles. The first-order valence-electron chi connectivity index (χ1n) is 4.75. The molecule has 1 rings (SSSR count). The number of rotatable bonds is 1. The van der Waals surface area contributed by atoms with E-state index < -0.39 is 0 Å². The van der Waals surface area contributed by atoms with Crippen LogP contribution in [0, 0.1) is 17.8 Å². The van der Waals surface area contributed by atoms with Crippen LogP contribution in [-0.2, 0) is 0 Å². The van der Waals surface area contributed by atoms with Crippen LogP contribution >= 0.6 is 11.6 Å². The van der Waals surface area contributed by atoms with E-state index in [2.05, 4.69) is 20.8 Å². The Morgan fingerprint density at radius 2 is 1.82 bits per heavy atom. The van der Waals surface area contributed by atoms with Gasteiger partial charge in [-0.1, -0.05) is 20.3 Å². The van der Waals surface area contributed by atoms with Crippen LogP contribution < -0.4 is 0 Å². The molecule has 1 heteroatoms. The molecule has 0 aromatic carbocycles. The molecule has 1 saturated carbocycles. The van der Waals surface area contributed by atoms with Crippen molar-refractivity contribution in [2.75, 3.05) is 0 Å². The van der Waals surface area contributed by atoms with Gasteiger partial charge in [0.2, 0.25) is 0 Å². The van der Waals surface area contributed by atoms with Gasteiger partial charge in [-0.25, -0.2) is 0 Å². The van der Waals surface area contributed by atoms with Gasteiger partial charge in [-0.05, 0) is 37.5 Å². The lowest BCUT2D eigenvalue weighted by Crippen LogP contribution is -2.25. The SMILES string of the molecule is CC(Cl)C1CCC(C)C(C)C1. The number of hydrogen-bond acceptors (Lipinski definition) is 0. The summed E-state index contributed by atoms with van der Waals surface area (Å²) in [5, 5.41) is 0.380. The van der Waals surface area contributed by atoms with Crippen LogP contribution in [0.4, 0.5) is 0 Å². The quantitative estimate of drug-likeness (QED) is 0.532. The van der Waals surface area contributed by atoms with Gasteiger partial charge >= 0.3 is 0 Å². The van der Waals surface area contributed by atoms with E-state index in [0.717, 1.165) is 17.8 Å². The smallest absolute Gasteiger partial charge is 0.0336 e. The topological polar surface area (TPSA) is 0 Å². The molecular formula is C10H19Cl. The molecule has 0 aromatic rings. The molecule has 1 fully saturated rings. The van der Waals surface area contributed by atoms with E-state index in [0.29, 0.717) is 5.38 Å². The van der Waals surface area contributed by atoms with Gasteiger partial charge in [-0.3, -0.25) is 0 Å². The van der Waals surface area contributed by atoms with Gasteiger partial charge in [0.05, 0.1) is 0 Å². The van der Waals surface area contributed by atoms with Crippen LogP contribution in [0.15, 0.2) is 0 Å². The Morgan fingerprint density at radius 3 is 2.27 bits per heavy atom. The second-order valence-corrected chi connectivity index (χ2v) is 4.89. The highest BCUT2D eigenvalue weighted by Crippen LogP contribution is 2.36. The molecule has 0 heterocycles. The molecule has 0 spiro atoms. The highest BCUT2D eigenvalue weighted by molar-refractivity contribution is 6.20. The van der Waals surface area contributed by atoms with Gasteiger partial charge in [0.1, 0.15) is 0 Å². The molecule has 1 aliphatic rings. The van der Waals surface area contributed by atoms with E-state index in [1.54, 1.807) is 0 Å². The van der Waals surface area contributed by atoms with Gasteiger partial charge in [0.15, 0.2) is 0 Å². The van der Waals surface area contributed by atoms with Crippen molar-refractivity contribution in [1.82, 2.24) is 0 Å². The largest absolute Gasteiger partial charge is 0.123 e. The van der Waals surface area contributed by atoms with E-state index >= 15 is 0 Å².